The predicted molar refractivity (Wildman–Crippen MR) is 86.4 cm³/mol. The van der Waals surface area contributed by atoms with Crippen LogP contribution in [0.1, 0.15) is 23.3 Å². The van der Waals surface area contributed by atoms with Crippen molar-refractivity contribution in [3.05, 3.63) is 52.2 Å². The maximum absolute atomic E-state index is 12.8. The highest BCUT2D eigenvalue weighted by molar-refractivity contribution is 7.89. The Labute approximate surface area is 142 Å². The lowest BCUT2D eigenvalue weighted by Gasteiger charge is -2.22. The van der Waals surface area contributed by atoms with Gasteiger partial charge in [0, 0.05) is 17.5 Å². The fourth-order valence-corrected chi connectivity index (χ4v) is 4.87. The minimum atomic E-state index is -4.47. The van der Waals surface area contributed by atoms with E-state index in [0.29, 0.717) is 13.0 Å². The molecule has 3 nitrogen and oxygen atoms in total. The number of rotatable bonds is 6. The summed E-state index contributed by atoms with van der Waals surface area (Å²) >= 11 is 1.56. The lowest BCUT2D eigenvalue weighted by Crippen LogP contribution is -2.34. The predicted octanol–water partition coefficient (Wildman–Crippen LogP) is 4.16. The molecule has 0 bridgehead atoms. The summed E-state index contributed by atoms with van der Waals surface area (Å²) in [7, 11) is -3.78. The van der Waals surface area contributed by atoms with E-state index in [9.17, 15) is 21.6 Å². The lowest BCUT2D eigenvalue weighted by atomic mass is 10.2. The van der Waals surface area contributed by atoms with Crippen molar-refractivity contribution in [1.82, 2.24) is 4.31 Å². The van der Waals surface area contributed by atoms with E-state index in [1.807, 2.05) is 17.5 Å². The van der Waals surface area contributed by atoms with Gasteiger partial charge in [0.2, 0.25) is 10.0 Å². The molecule has 0 atom stereocenters. The van der Waals surface area contributed by atoms with Crippen molar-refractivity contribution in [3.8, 4) is 0 Å². The first-order valence-electron chi connectivity index (χ1n) is 7.50. The van der Waals surface area contributed by atoms with Crippen LogP contribution in [0.2, 0.25) is 0 Å². The summed E-state index contributed by atoms with van der Waals surface area (Å²) in [5.74, 6) is 0. The van der Waals surface area contributed by atoms with E-state index >= 15 is 0 Å². The van der Waals surface area contributed by atoms with Crippen molar-refractivity contribution < 1.29 is 21.6 Å². The average molecular weight is 375 g/mol. The second-order valence-corrected chi connectivity index (χ2v) is 8.62. The zero-order chi connectivity index (χ0) is 17.4. The van der Waals surface area contributed by atoms with E-state index in [2.05, 4.69) is 0 Å². The fourth-order valence-electron chi connectivity index (χ4n) is 2.49. The molecular weight excluding hydrogens is 359 g/mol. The Morgan fingerprint density at radius 1 is 1.12 bits per heavy atom. The monoisotopic (exact) mass is 375 g/mol. The van der Waals surface area contributed by atoms with Gasteiger partial charge in [-0.3, -0.25) is 0 Å². The molecular formula is C16H16F3NO2S2. The zero-order valence-corrected chi connectivity index (χ0v) is 14.3. The zero-order valence-electron chi connectivity index (χ0n) is 12.7. The van der Waals surface area contributed by atoms with Crippen LogP contribution in [-0.2, 0) is 22.6 Å². The van der Waals surface area contributed by atoms with Gasteiger partial charge in [-0.2, -0.15) is 17.5 Å². The number of hydrogen-bond donors (Lipinski definition) is 0. The maximum Gasteiger partial charge on any atom is 0.416 e. The number of alkyl halides is 3. The molecule has 2 aromatic rings. The van der Waals surface area contributed by atoms with Gasteiger partial charge in [-0.05, 0) is 55.0 Å². The molecule has 1 aliphatic rings. The van der Waals surface area contributed by atoms with Crippen LogP contribution in [0, 0.1) is 0 Å². The van der Waals surface area contributed by atoms with Crippen molar-refractivity contribution in [2.24, 2.45) is 0 Å². The maximum atomic E-state index is 12.8. The second kappa shape index (κ2) is 6.50. The molecule has 1 aromatic carbocycles. The highest BCUT2D eigenvalue weighted by Gasteiger charge is 2.38. The molecule has 1 saturated carbocycles. The Kier molecular flexibility index (Phi) is 4.72. The molecule has 1 aliphatic carbocycles. The number of hydrogen-bond acceptors (Lipinski definition) is 3. The van der Waals surface area contributed by atoms with Crippen molar-refractivity contribution in [3.63, 3.8) is 0 Å². The quantitative estimate of drug-likeness (QED) is 0.760. The third-order valence-corrected chi connectivity index (χ3v) is 6.80. The molecule has 24 heavy (non-hydrogen) atoms. The molecule has 0 aliphatic heterocycles. The lowest BCUT2D eigenvalue weighted by molar-refractivity contribution is -0.137. The molecule has 0 saturated heterocycles. The van der Waals surface area contributed by atoms with Gasteiger partial charge in [0.05, 0.1) is 10.5 Å². The first-order valence-corrected chi connectivity index (χ1v) is 9.82. The van der Waals surface area contributed by atoms with Gasteiger partial charge in [0.1, 0.15) is 0 Å². The highest BCUT2D eigenvalue weighted by Crippen LogP contribution is 2.34. The van der Waals surface area contributed by atoms with Crippen molar-refractivity contribution in [1.29, 1.82) is 0 Å². The SMILES string of the molecule is O=S(=O)(c1ccc(C(F)(F)F)cc1)N(CCc1cccs1)C1CC1. The Balaban J connectivity index is 1.80. The summed E-state index contributed by atoms with van der Waals surface area (Å²) in [5.41, 5.74) is -0.849. The minimum Gasteiger partial charge on any atom is -0.207 e. The molecule has 3 rings (SSSR count). The fraction of sp³-hybridized carbons (Fsp3) is 0.375. The normalized spacial score (nSPS) is 15.8. The van der Waals surface area contributed by atoms with E-state index in [4.69, 9.17) is 0 Å². The number of halogens is 3. The number of benzene rings is 1. The highest BCUT2D eigenvalue weighted by atomic mass is 32.2. The van der Waals surface area contributed by atoms with Crippen LogP contribution >= 0.6 is 11.3 Å². The summed E-state index contributed by atoms with van der Waals surface area (Å²) in [6.45, 7) is 0.342. The minimum absolute atomic E-state index is 0.0442. The molecule has 1 heterocycles. The second-order valence-electron chi connectivity index (χ2n) is 5.70. The van der Waals surface area contributed by atoms with Crippen LogP contribution in [0.4, 0.5) is 13.2 Å². The van der Waals surface area contributed by atoms with Crippen LogP contribution < -0.4 is 0 Å². The average Bonchev–Trinajstić information content (AvgIpc) is 3.21. The van der Waals surface area contributed by atoms with Crippen LogP contribution in [-0.4, -0.2) is 25.3 Å². The smallest absolute Gasteiger partial charge is 0.207 e. The standard InChI is InChI=1S/C16H16F3NO2S2/c17-16(18,19)12-3-7-15(8-4-12)24(21,22)20(13-5-6-13)10-9-14-2-1-11-23-14/h1-4,7-8,11,13H,5-6,9-10H2. The van der Waals surface area contributed by atoms with Crippen molar-refractivity contribution >= 4 is 21.4 Å². The summed E-state index contributed by atoms with van der Waals surface area (Å²) in [6, 6.07) is 7.52. The summed E-state index contributed by atoms with van der Waals surface area (Å²) < 4.78 is 64.9. The van der Waals surface area contributed by atoms with Crippen LogP contribution in [0.5, 0.6) is 0 Å². The Hall–Kier alpha value is -1.38. The van der Waals surface area contributed by atoms with Gasteiger partial charge in [0.15, 0.2) is 0 Å². The van der Waals surface area contributed by atoms with Crippen LogP contribution in [0.3, 0.4) is 0 Å². The van der Waals surface area contributed by atoms with Gasteiger partial charge < -0.3 is 0 Å². The Morgan fingerprint density at radius 2 is 1.79 bits per heavy atom. The largest absolute Gasteiger partial charge is 0.416 e. The molecule has 0 radical (unpaired) electrons. The van der Waals surface area contributed by atoms with Gasteiger partial charge in [-0.15, -0.1) is 11.3 Å². The van der Waals surface area contributed by atoms with Gasteiger partial charge in [-0.1, -0.05) is 6.07 Å². The molecule has 8 heteroatoms. The number of thiophene rings is 1. The summed E-state index contributed by atoms with van der Waals surface area (Å²) in [6.07, 6.45) is -2.28. The molecule has 1 aromatic heterocycles. The Bertz CT molecular complexity index is 780. The van der Waals surface area contributed by atoms with E-state index in [-0.39, 0.29) is 10.9 Å². The number of sulfonamides is 1. The van der Waals surface area contributed by atoms with E-state index < -0.39 is 21.8 Å². The summed E-state index contributed by atoms with van der Waals surface area (Å²) in [4.78, 5) is 0.997. The molecule has 0 amide bonds. The third kappa shape index (κ3) is 3.81. The molecule has 0 spiro atoms. The topological polar surface area (TPSA) is 37.4 Å². The molecule has 130 valence electrons. The first-order chi connectivity index (χ1) is 11.3. The van der Waals surface area contributed by atoms with Crippen molar-refractivity contribution in [2.75, 3.05) is 6.54 Å². The van der Waals surface area contributed by atoms with Crippen LogP contribution in [0.25, 0.3) is 0 Å². The molecule has 1 fully saturated rings. The third-order valence-electron chi connectivity index (χ3n) is 3.90. The van der Waals surface area contributed by atoms with Crippen molar-refractivity contribution in [2.45, 2.75) is 36.4 Å². The van der Waals surface area contributed by atoms with E-state index in [0.717, 1.165) is 42.0 Å². The van der Waals surface area contributed by atoms with Crippen LogP contribution in [0.15, 0.2) is 46.7 Å². The van der Waals surface area contributed by atoms with Gasteiger partial charge >= 0.3 is 6.18 Å². The molecule has 0 N–H and O–H groups in total. The van der Waals surface area contributed by atoms with E-state index in [1.54, 1.807) is 11.3 Å². The first kappa shape index (κ1) is 17.4. The van der Waals surface area contributed by atoms with E-state index in [1.165, 1.54) is 4.31 Å². The number of nitrogens with zero attached hydrogens (tertiary/aromatic N) is 1. The Morgan fingerprint density at radius 3 is 2.29 bits per heavy atom. The molecule has 0 unspecified atom stereocenters. The summed E-state index contributed by atoms with van der Waals surface area (Å²) in [5, 5.41) is 1.93. The van der Waals surface area contributed by atoms with Gasteiger partial charge in [-0.25, -0.2) is 8.42 Å². The van der Waals surface area contributed by atoms with Gasteiger partial charge in [0.25, 0.3) is 0 Å².